The van der Waals surface area contributed by atoms with Gasteiger partial charge in [-0.2, -0.15) is 0 Å². The fraction of sp³-hybridized carbons (Fsp3) is 0.600. The van der Waals surface area contributed by atoms with E-state index in [2.05, 4.69) is 5.32 Å². The number of hydrogen-bond donors (Lipinski definition) is 1. The molecular formula is C15H22N2O3. The standard InChI is InChI=1S/C15H22N2O3/c1-3-11(2)16-14(18)13-6-4-5-8-17(13)15(19)12-7-9-20-10-12/h7,9-11,13H,3-6,8H2,1-2H3,(H,16,18)/t11-,13+/m1/s1. The Labute approximate surface area is 119 Å². The normalized spacial score (nSPS) is 20.5. The molecule has 1 saturated heterocycles. The van der Waals surface area contributed by atoms with E-state index in [9.17, 15) is 9.59 Å². The molecule has 0 bridgehead atoms. The summed E-state index contributed by atoms with van der Waals surface area (Å²) < 4.78 is 4.96. The van der Waals surface area contributed by atoms with Crippen LogP contribution in [0.1, 0.15) is 49.9 Å². The van der Waals surface area contributed by atoms with E-state index in [1.165, 1.54) is 12.5 Å². The summed E-state index contributed by atoms with van der Waals surface area (Å²) in [6.45, 7) is 4.63. The van der Waals surface area contributed by atoms with Crippen molar-refractivity contribution in [1.82, 2.24) is 10.2 Å². The van der Waals surface area contributed by atoms with Crippen LogP contribution < -0.4 is 5.32 Å². The predicted octanol–water partition coefficient (Wildman–Crippen LogP) is 2.19. The van der Waals surface area contributed by atoms with E-state index in [0.717, 1.165) is 25.7 Å². The fourth-order valence-electron chi connectivity index (χ4n) is 2.44. The smallest absolute Gasteiger partial charge is 0.257 e. The zero-order valence-corrected chi connectivity index (χ0v) is 12.1. The van der Waals surface area contributed by atoms with Crippen molar-refractivity contribution in [1.29, 1.82) is 0 Å². The Morgan fingerprint density at radius 2 is 2.30 bits per heavy atom. The molecule has 1 aromatic rings. The molecule has 110 valence electrons. The van der Waals surface area contributed by atoms with Gasteiger partial charge in [-0.3, -0.25) is 9.59 Å². The molecule has 0 unspecified atom stereocenters. The van der Waals surface area contributed by atoms with Crippen molar-refractivity contribution in [2.45, 2.75) is 51.6 Å². The van der Waals surface area contributed by atoms with Crippen LogP contribution in [-0.2, 0) is 4.79 Å². The molecule has 1 aliphatic heterocycles. The van der Waals surface area contributed by atoms with Crippen LogP contribution >= 0.6 is 0 Å². The average molecular weight is 278 g/mol. The van der Waals surface area contributed by atoms with E-state index in [-0.39, 0.29) is 23.9 Å². The van der Waals surface area contributed by atoms with E-state index < -0.39 is 0 Å². The molecule has 0 aliphatic carbocycles. The van der Waals surface area contributed by atoms with E-state index in [1.54, 1.807) is 11.0 Å². The van der Waals surface area contributed by atoms with Crippen LogP contribution in [-0.4, -0.2) is 35.3 Å². The summed E-state index contributed by atoms with van der Waals surface area (Å²) in [4.78, 5) is 26.4. The molecule has 5 nitrogen and oxygen atoms in total. The molecule has 0 radical (unpaired) electrons. The van der Waals surface area contributed by atoms with Crippen LogP contribution in [0, 0.1) is 0 Å². The summed E-state index contributed by atoms with van der Waals surface area (Å²) in [6.07, 6.45) is 6.44. The monoisotopic (exact) mass is 278 g/mol. The van der Waals surface area contributed by atoms with Gasteiger partial charge in [0.25, 0.3) is 5.91 Å². The minimum absolute atomic E-state index is 0.0455. The number of carbonyl (C=O) groups excluding carboxylic acids is 2. The first kappa shape index (κ1) is 14.6. The Bertz CT molecular complexity index is 456. The second kappa shape index (κ2) is 6.59. The number of piperidine rings is 1. The lowest BCUT2D eigenvalue weighted by Crippen LogP contribution is -2.53. The third-order valence-electron chi connectivity index (χ3n) is 3.84. The molecule has 2 atom stereocenters. The Morgan fingerprint density at radius 3 is 2.95 bits per heavy atom. The number of nitrogens with zero attached hydrogens (tertiary/aromatic N) is 1. The second-order valence-electron chi connectivity index (χ2n) is 5.34. The van der Waals surface area contributed by atoms with Crippen molar-refractivity contribution >= 4 is 11.8 Å². The van der Waals surface area contributed by atoms with Gasteiger partial charge in [0.15, 0.2) is 0 Å². The van der Waals surface area contributed by atoms with Gasteiger partial charge in [0, 0.05) is 12.6 Å². The first-order valence-electron chi connectivity index (χ1n) is 7.27. The van der Waals surface area contributed by atoms with Crippen LogP contribution in [0.25, 0.3) is 0 Å². The van der Waals surface area contributed by atoms with E-state index in [1.807, 2.05) is 13.8 Å². The van der Waals surface area contributed by atoms with Gasteiger partial charge in [-0.05, 0) is 38.7 Å². The highest BCUT2D eigenvalue weighted by Crippen LogP contribution is 2.20. The van der Waals surface area contributed by atoms with Crippen molar-refractivity contribution in [2.75, 3.05) is 6.54 Å². The topological polar surface area (TPSA) is 62.6 Å². The molecule has 0 spiro atoms. The molecular weight excluding hydrogens is 256 g/mol. The van der Waals surface area contributed by atoms with Crippen molar-refractivity contribution < 1.29 is 14.0 Å². The van der Waals surface area contributed by atoms with Crippen LogP contribution in [0.15, 0.2) is 23.0 Å². The number of furan rings is 1. The van der Waals surface area contributed by atoms with Crippen LogP contribution in [0.4, 0.5) is 0 Å². The summed E-state index contributed by atoms with van der Waals surface area (Å²) in [5.41, 5.74) is 0.508. The Balaban J connectivity index is 2.09. The number of rotatable bonds is 4. The van der Waals surface area contributed by atoms with Gasteiger partial charge < -0.3 is 14.6 Å². The molecule has 5 heteroatoms. The maximum atomic E-state index is 12.4. The zero-order chi connectivity index (χ0) is 14.5. The number of carbonyl (C=O) groups is 2. The molecule has 1 aliphatic rings. The lowest BCUT2D eigenvalue weighted by Gasteiger charge is -2.35. The quantitative estimate of drug-likeness (QED) is 0.918. The minimum atomic E-state index is -0.361. The van der Waals surface area contributed by atoms with Crippen molar-refractivity contribution in [2.24, 2.45) is 0 Å². The summed E-state index contributed by atoms with van der Waals surface area (Å²) in [6, 6.07) is 1.41. The SMILES string of the molecule is CC[C@@H](C)NC(=O)[C@@H]1CCCCN1C(=O)c1ccoc1. The predicted molar refractivity (Wildman–Crippen MR) is 75.3 cm³/mol. The first-order chi connectivity index (χ1) is 9.63. The van der Waals surface area contributed by atoms with Gasteiger partial charge in [-0.15, -0.1) is 0 Å². The van der Waals surface area contributed by atoms with Crippen LogP contribution in [0.5, 0.6) is 0 Å². The molecule has 1 N–H and O–H groups in total. The van der Waals surface area contributed by atoms with Crippen molar-refractivity contribution in [3.05, 3.63) is 24.2 Å². The van der Waals surface area contributed by atoms with E-state index in [4.69, 9.17) is 4.42 Å². The largest absolute Gasteiger partial charge is 0.472 e. The van der Waals surface area contributed by atoms with Crippen molar-refractivity contribution in [3.8, 4) is 0 Å². The second-order valence-corrected chi connectivity index (χ2v) is 5.34. The maximum absolute atomic E-state index is 12.4. The van der Waals surface area contributed by atoms with Gasteiger partial charge in [0.1, 0.15) is 12.3 Å². The van der Waals surface area contributed by atoms with Gasteiger partial charge in [0.2, 0.25) is 5.91 Å². The molecule has 1 aromatic heterocycles. The van der Waals surface area contributed by atoms with E-state index in [0.29, 0.717) is 12.1 Å². The fourth-order valence-corrected chi connectivity index (χ4v) is 2.44. The van der Waals surface area contributed by atoms with Crippen LogP contribution in [0.3, 0.4) is 0 Å². The minimum Gasteiger partial charge on any atom is -0.472 e. The molecule has 2 rings (SSSR count). The lowest BCUT2D eigenvalue weighted by atomic mass is 10.00. The summed E-state index contributed by atoms with van der Waals surface area (Å²) in [5.74, 6) is -0.168. The summed E-state index contributed by atoms with van der Waals surface area (Å²) >= 11 is 0. The highest BCUT2D eigenvalue weighted by molar-refractivity contribution is 5.97. The molecule has 1 fully saturated rings. The lowest BCUT2D eigenvalue weighted by molar-refractivity contribution is -0.127. The highest BCUT2D eigenvalue weighted by atomic mass is 16.3. The number of amides is 2. The highest BCUT2D eigenvalue weighted by Gasteiger charge is 2.33. The Morgan fingerprint density at radius 1 is 1.50 bits per heavy atom. The van der Waals surface area contributed by atoms with E-state index >= 15 is 0 Å². The van der Waals surface area contributed by atoms with Crippen LogP contribution in [0.2, 0.25) is 0 Å². The average Bonchev–Trinajstić information content (AvgIpc) is 3.00. The number of nitrogens with one attached hydrogen (secondary N) is 1. The first-order valence-corrected chi connectivity index (χ1v) is 7.27. The Hall–Kier alpha value is -1.78. The summed E-state index contributed by atoms with van der Waals surface area (Å²) in [5, 5.41) is 2.97. The third kappa shape index (κ3) is 3.21. The number of hydrogen-bond acceptors (Lipinski definition) is 3. The molecule has 20 heavy (non-hydrogen) atoms. The van der Waals surface area contributed by atoms with Crippen molar-refractivity contribution in [3.63, 3.8) is 0 Å². The summed E-state index contributed by atoms with van der Waals surface area (Å²) in [7, 11) is 0. The van der Waals surface area contributed by atoms with Gasteiger partial charge in [-0.25, -0.2) is 0 Å². The molecule has 0 saturated carbocycles. The molecule has 2 heterocycles. The van der Waals surface area contributed by atoms with Gasteiger partial charge in [0.05, 0.1) is 11.8 Å². The molecule has 2 amide bonds. The van der Waals surface area contributed by atoms with Gasteiger partial charge >= 0.3 is 0 Å². The Kier molecular flexibility index (Phi) is 4.82. The molecule has 0 aromatic carbocycles. The third-order valence-corrected chi connectivity index (χ3v) is 3.84. The maximum Gasteiger partial charge on any atom is 0.257 e. The zero-order valence-electron chi connectivity index (χ0n) is 12.1. The number of likely N-dealkylation sites (tertiary alicyclic amines) is 1. The van der Waals surface area contributed by atoms with Gasteiger partial charge in [-0.1, -0.05) is 6.92 Å².